The van der Waals surface area contributed by atoms with E-state index in [0.29, 0.717) is 18.7 Å². The summed E-state index contributed by atoms with van der Waals surface area (Å²) in [6, 6.07) is 7.67. The predicted molar refractivity (Wildman–Crippen MR) is 142 cm³/mol. The van der Waals surface area contributed by atoms with Gasteiger partial charge in [-0.15, -0.1) is 5.10 Å². The van der Waals surface area contributed by atoms with Crippen LogP contribution in [0.25, 0.3) is 11.0 Å². The number of carbonyl (C=O) groups is 2. The zero-order chi connectivity index (χ0) is 25.8. The fourth-order valence-electron chi connectivity index (χ4n) is 4.99. The van der Waals surface area contributed by atoms with Gasteiger partial charge < -0.3 is 20.3 Å². The molecule has 192 valence electrons. The molecule has 0 radical (unpaired) electrons. The molecule has 1 fully saturated rings. The smallest absolute Gasteiger partial charge is 0.242 e. The van der Waals surface area contributed by atoms with E-state index in [-0.39, 0.29) is 24.3 Å². The maximum absolute atomic E-state index is 12.7. The lowest BCUT2D eigenvalue weighted by molar-refractivity contribution is -0.122. The van der Waals surface area contributed by atoms with Crippen molar-refractivity contribution in [3.05, 3.63) is 41.1 Å². The number of aryl methyl sites for hydroxylation is 3. The summed E-state index contributed by atoms with van der Waals surface area (Å²) in [5.41, 5.74) is 5.60. The van der Waals surface area contributed by atoms with Crippen molar-refractivity contribution < 1.29 is 14.3 Å². The number of nitrogens with zero attached hydrogens (tertiary/aromatic N) is 4. The molecular weight excluding hydrogens is 456 g/mol. The molecule has 0 spiro atoms. The zero-order valence-electron chi connectivity index (χ0n) is 21.9. The molecule has 2 amide bonds. The Morgan fingerprint density at radius 1 is 1.17 bits per heavy atom. The zero-order valence-corrected chi connectivity index (χ0v) is 21.9. The van der Waals surface area contributed by atoms with E-state index >= 15 is 0 Å². The van der Waals surface area contributed by atoms with Gasteiger partial charge in [0, 0.05) is 56.1 Å². The summed E-state index contributed by atoms with van der Waals surface area (Å²) in [6.07, 6.45) is 3.47. The van der Waals surface area contributed by atoms with Gasteiger partial charge in [0.1, 0.15) is 0 Å². The first-order valence-electron chi connectivity index (χ1n) is 12.6. The number of methoxy groups -OCH3 is 1. The molecule has 0 aliphatic carbocycles. The monoisotopic (exact) mass is 492 g/mol. The summed E-state index contributed by atoms with van der Waals surface area (Å²) < 4.78 is 7.13. The van der Waals surface area contributed by atoms with Gasteiger partial charge in [-0.1, -0.05) is 6.07 Å². The minimum absolute atomic E-state index is 0.0941. The maximum Gasteiger partial charge on any atom is 0.242 e. The Balaban J connectivity index is 1.31. The van der Waals surface area contributed by atoms with Crippen LogP contribution in [0, 0.1) is 13.8 Å². The molecule has 1 saturated heterocycles. The standard InChI is InChI=1S/C27H36N6O3/c1-17(15-24(35)30-20-9-8-10-21(16-20)33-13-6-7-14-33)28-23(34)12-11-22-18(2)25-26(29-19(22)3)32(4)31-27(25)36-5/h8-10,16-17H,6-7,11-15H2,1-5H3,(H,28,34)(H,30,35). The highest BCUT2D eigenvalue weighted by molar-refractivity contribution is 5.92. The first-order chi connectivity index (χ1) is 17.3. The molecule has 3 heterocycles. The summed E-state index contributed by atoms with van der Waals surface area (Å²) in [4.78, 5) is 32.3. The molecule has 1 aliphatic rings. The number of carbonyl (C=O) groups excluding carboxylic acids is 2. The van der Waals surface area contributed by atoms with E-state index < -0.39 is 0 Å². The normalized spacial score (nSPS) is 14.2. The van der Waals surface area contributed by atoms with Gasteiger partial charge in [0.25, 0.3) is 0 Å². The van der Waals surface area contributed by atoms with Crippen LogP contribution in [0.2, 0.25) is 0 Å². The number of aromatic nitrogens is 3. The average Bonchev–Trinajstić information content (AvgIpc) is 3.47. The highest BCUT2D eigenvalue weighted by Gasteiger charge is 2.19. The summed E-state index contributed by atoms with van der Waals surface area (Å²) in [6.45, 7) is 7.92. The van der Waals surface area contributed by atoms with E-state index in [4.69, 9.17) is 4.74 Å². The topological polar surface area (TPSA) is 101 Å². The number of fused-ring (bicyclic) bond motifs is 1. The van der Waals surface area contributed by atoms with Crippen molar-refractivity contribution in [2.75, 3.05) is 30.4 Å². The summed E-state index contributed by atoms with van der Waals surface area (Å²) >= 11 is 0. The molecule has 0 saturated carbocycles. The van der Waals surface area contributed by atoms with Crippen molar-refractivity contribution in [2.45, 2.75) is 58.9 Å². The third-order valence-corrected chi connectivity index (χ3v) is 6.82. The summed E-state index contributed by atoms with van der Waals surface area (Å²) in [7, 11) is 3.43. The van der Waals surface area contributed by atoms with Gasteiger partial charge in [0.2, 0.25) is 17.7 Å². The average molecular weight is 493 g/mol. The lowest BCUT2D eigenvalue weighted by Crippen LogP contribution is -2.35. The number of amides is 2. The van der Waals surface area contributed by atoms with E-state index in [2.05, 4.69) is 31.7 Å². The first-order valence-corrected chi connectivity index (χ1v) is 12.6. The lowest BCUT2D eigenvalue weighted by atomic mass is 10.00. The van der Waals surface area contributed by atoms with Gasteiger partial charge >= 0.3 is 0 Å². The molecule has 1 aliphatic heterocycles. The number of nitrogens with one attached hydrogen (secondary N) is 2. The summed E-state index contributed by atoms with van der Waals surface area (Å²) in [5, 5.41) is 11.2. The van der Waals surface area contributed by atoms with Gasteiger partial charge in [-0.05, 0) is 69.4 Å². The lowest BCUT2D eigenvalue weighted by Gasteiger charge is -2.19. The van der Waals surface area contributed by atoms with Crippen molar-refractivity contribution in [2.24, 2.45) is 7.05 Å². The van der Waals surface area contributed by atoms with E-state index in [0.717, 1.165) is 52.3 Å². The predicted octanol–water partition coefficient (Wildman–Crippen LogP) is 3.66. The molecule has 2 N–H and O–H groups in total. The van der Waals surface area contributed by atoms with Crippen molar-refractivity contribution >= 4 is 34.2 Å². The minimum Gasteiger partial charge on any atom is -0.479 e. The van der Waals surface area contributed by atoms with Crippen LogP contribution in [-0.2, 0) is 23.1 Å². The molecule has 3 aromatic rings. The Morgan fingerprint density at radius 2 is 1.92 bits per heavy atom. The first kappa shape index (κ1) is 25.5. The van der Waals surface area contributed by atoms with Crippen molar-refractivity contribution in [3.8, 4) is 5.88 Å². The molecule has 1 atom stereocenters. The van der Waals surface area contributed by atoms with Crippen LogP contribution in [0.4, 0.5) is 11.4 Å². The van der Waals surface area contributed by atoms with E-state index in [1.54, 1.807) is 11.8 Å². The van der Waals surface area contributed by atoms with Crippen molar-refractivity contribution in [3.63, 3.8) is 0 Å². The van der Waals surface area contributed by atoms with Gasteiger partial charge in [0.15, 0.2) is 5.65 Å². The van der Waals surface area contributed by atoms with Crippen LogP contribution in [0.5, 0.6) is 5.88 Å². The SMILES string of the molecule is COc1nn(C)c2nc(C)c(CCC(=O)NC(C)CC(=O)Nc3cccc(N4CCCC4)c3)c(C)c12. The number of benzene rings is 1. The van der Waals surface area contributed by atoms with Gasteiger partial charge in [-0.25, -0.2) is 9.67 Å². The van der Waals surface area contributed by atoms with E-state index in [1.807, 2.05) is 46.0 Å². The Hall–Kier alpha value is -3.62. The number of hydrogen-bond donors (Lipinski definition) is 2. The third-order valence-electron chi connectivity index (χ3n) is 6.82. The van der Waals surface area contributed by atoms with Crippen LogP contribution in [0.3, 0.4) is 0 Å². The van der Waals surface area contributed by atoms with Crippen molar-refractivity contribution in [1.82, 2.24) is 20.1 Å². The molecule has 9 heteroatoms. The van der Waals surface area contributed by atoms with Crippen LogP contribution >= 0.6 is 0 Å². The molecule has 0 bridgehead atoms. The number of ether oxygens (including phenoxy) is 1. The fraction of sp³-hybridized carbons (Fsp3) is 0.481. The Bertz CT molecular complexity index is 1260. The number of rotatable bonds is 9. The second-order valence-corrected chi connectivity index (χ2v) is 9.60. The van der Waals surface area contributed by atoms with Crippen LogP contribution < -0.4 is 20.3 Å². The van der Waals surface area contributed by atoms with E-state index in [1.165, 1.54) is 12.8 Å². The molecule has 2 aromatic heterocycles. The van der Waals surface area contributed by atoms with Crippen LogP contribution in [0.1, 0.15) is 49.4 Å². The molecule has 4 rings (SSSR count). The van der Waals surface area contributed by atoms with Crippen molar-refractivity contribution in [1.29, 1.82) is 0 Å². The van der Waals surface area contributed by atoms with Gasteiger partial charge in [-0.3, -0.25) is 9.59 Å². The van der Waals surface area contributed by atoms with E-state index in [9.17, 15) is 9.59 Å². The highest BCUT2D eigenvalue weighted by atomic mass is 16.5. The molecular formula is C27H36N6O3. The van der Waals surface area contributed by atoms with Crippen LogP contribution in [0.15, 0.2) is 24.3 Å². The Kier molecular flexibility index (Phi) is 7.76. The fourth-order valence-corrected chi connectivity index (χ4v) is 4.99. The minimum atomic E-state index is -0.277. The number of anilines is 2. The summed E-state index contributed by atoms with van der Waals surface area (Å²) in [5.74, 6) is 0.323. The maximum atomic E-state index is 12.7. The molecule has 1 aromatic carbocycles. The largest absolute Gasteiger partial charge is 0.479 e. The van der Waals surface area contributed by atoms with Gasteiger partial charge in [-0.2, -0.15) is 0 Å². The number of pyridine rings is 1. The molecule has 36 heavy (non-hydrogen) atoms. The second-order valence-electron chi connectivity index (χ2n) is 9.60. The molecule has 9 nitrogen and oxygen atoms in total. The highest BCUT2D eigenvalue weighted by Crippen LogP contribution is 2.30. The molecule has 1 unspecified atom stereocenters. The second kappa shape index (κ2) is 11.0. The Labute approximate surface area is 212 Å². The van der Waals surface area contributed by atoms with Crippen LogP contribution in [-0.4, -0.2) is 52.8 Å². The third kappa shape index (κ3) is 5.61. The quantitative estimate of drug-likeness (QED) is 0.473. The Morgan fingerprint density at radius 3 is 2.64 bits per heavy atom. The number of hydrogen-bond acceptors (Lipinski definition) is 6. The van der Waals surface area contributed by atoms with Gasteiger partial charge in [0.05, 0.1) is 12.5 Å².